The topological polar surface area (TPSA) is 72.8 Å². The number of anilines is 1. The van der Waals surface area contributed by atoms with Gasteiger partial charge in [-0.1, -0.05) is 6.07 Å². The normalized spacial score (nSPS) is 15.1. The highest BCUT2D eigenvalue weighted by Crippen LogP contribution is 2.24. The van der Waals surface area contributed by atoms with E-state index in [-0.39, 0.29) is 35.9 Å². The second-order valence-electron chi connectivity index (χ2n) is 7.29. The van der Waals surface area contributed by atoms with Gasteiger partial charge in [0.25, 0.3) is 0 Å². The lowest BCUT2D eigenvalue weighted by Crippen LogP contribution is -2.36. The van der Waals surface area contributed by atoms with Crippen LogP contribution in [-0.4, -0.2) is 41.8 Å². The number of aliphatic hydroxyl groups is 1. The van der Waals surface area contributed by atoms with Crippen LogP contribution in [0.25, 0.3) is 0 Å². The molecule has 166 valence electrons. The first-order valence-corrected chi connectivity index (χ1v) is 10.9. The zero-order chi connectivity index (χ0) is 20.8. The predicted molar refractivity (Wildman–Crippen MR) is 133 cm³/mol. The van der Waals surface area contributed by atoms with Crippen molar-refractivity contribution >= 4 is 47.0 Å². The zero-order valence-corrected chi connectivity index (χ0v) is 20.9. The van der Waals surface area contributed by atoms with Gasteiger partial charge in [-0.05, 0) is 51.3 Å². The fraction of sp³-hybridized carbons (Fsp3) is 0.524. The molecular weight excluding hydrogens is 516 g/mol. The Morgan fingerprint density at radius 3 is 2.63 bits per heavy atom. The van der Waals surface area contributed by atoms with Gasteiger partial charge in [0.15, 0.2) is 5.96 Å². The summed E-state index contributed by atoms with van der Waals surface area (Å²) >= 11 is 1.68. The number of guanidine groups is 1. The van der Waals surface area contributed by atoms with Gasteiger partial charge in [0.2, 0.25) is 0 Å². The smallest absolute Gasteiger partial charge is 0.191 e. The van der Waals surface area contributed by atoms with Crippen molar-refractivity contribution in [2.24, 2.45) is 4.99 Å². The van der Waals surface area contributed by atoms with Crippen molar-refractivity contribution in [2.45, 2.75) is 52.8 Å². The maximum Gasteiger partial charge on any atom is 0.191 e. The Hall–Kier alpha value is -1.46. The number of rotatable bonds is 6. The molecular formula is C21H31FIN5OS. The minimum atomic E-state index is -0.266. The molecule has 0 unspecified atom stereocenters. The summed E-state index contributed by atoms with van der Waals surface area (Å²) in [5.41, 5.74) is 2.47. The van der Waals surface area contributed by atoms with Crippen molar-refractivity contribution in [1.29, 1.82) is 0 Å². The number of aryl methyl sites for hydroxylation is 2. The number of aromatic nitrogens is 1. The number of thiazole rings is 1. The van der Waals surface area contributed by atoms with Crippen molar-refractivity contribution in [3.05, 3.63) is 45.2 Å². The average Bonchev–Trinajstić information content (AvgIpc) is 3.02. The van der Waals surface area contributed by atoms with Gasteiger partial charge in [-0.15, -0.1) is 35.3 Å². The van der Waals surface area contributed by atoms with E-state index < -0.39 is 0 Å². The van der Waals surface area contributed by atoms with E-state index in [0.29, 0.717) is 50.7 Å². The Balaban J connectivity index is 0.00000320. The van der Waals surface area contributed by atoms with E-state index in [1.165, 1.54) is 4.88 Å². The van der Waals surface area contributed by atoms with E-state index in [9.17, 15) is 9.50 Å². The van der Waals surface area contributed by atoms with Crippen LogP contribution in [0.3, 0.4) is 0 Å². The molecule has 1 saturated heterocycles. The van der Waals surface area contributed by atoms with E-state index in [4.69, 9.17) is 0 Å². The molecule has 1 aliphatic rings. The summed E-state index contributed by atoms with van der Waals surface area (Å²) in [5.74, 6) is 0.468. The fourth-order valence-electron chi connectivity index (χ4n) is 3.43. The van der Waals surface area contributed by atoms with Gasteiger partial charge in [0, 0.05) is 24.5 Å². The highest BCUT2D eigenvalue weighted by atomic mass is 127. The Labute approximate surface area is 199 Å². The molecule has 2 aromatic rings. The van der Waals surface area contributed by atoms with Crippen LogP contribution in [0.1, 0.15) is 40.9 Å². The van der Waals surface area contributed by atoms with Crippen LogP contribution in [0.5, 0.6) is 0 Å². The maximum absolute atomic E-state index is 14.6. The molecule has 0 radical (unpaired) electrons. The SMILES string of the molecule is CCNC(=NCc1ccc(N2CCC(O)CC2)c(F)c1)NCc1sc(C)nc1C.I. The third-order valence-electron chi connectivity index (χ3n) is 5.00. The lowest BCUT2D eigenvalue weighted by molar-refractivity contribution is 0.145. The highest BCUT2D eigenvalue weighted by Gasteiger charge is 2.19. The molecule has 1 aliphatic heterocycles. The standard InChI is InChI=1S/C21H30FN5OS.HI/c1-4-23-21(25-13-20-14(2)26-15(3)29-20)24-12-16-5-6-19(18(22)11-16)27-9-7-17(28)8-10-27;/h5-6,11,17,28H,4,7-10,12-13H2,1-3H3,(H2,23,24,25);1H. The molecule has 3 N–H and O–H groups in total. The second-order valence-corrected chi connectivity index (χ2v) is 8.58. The van der Waals surface area contributed by atoms with E-state index in [2.05, 4.69) is 20.6 Å². The molecule has 0 atom stereocenters. The largest absolute Gasteiger partial charge is 0.393 e. The first-order valence-electron chi connectivity index (χ1n) is 10.1. The first-order chi connectivity index (χ1) is 14.0. The van der Waals surface area contributed by atoms with Gasteiger partial charge in [0.1, 0.15) is 5.82 Å². The van der Waals surface area contributed by atoms with E-state index in [1.807, 2.05) is 37.8 Å². The lowest BCUT2D eigenvalue weighted by Gasteiger charge is -2.31. The Kier molecular flexibility index (Phi) is 9.76. The summed E-state index contributed by atoms with van der Waals surface area (Å²) in [6.45, 7) is 9.21. The number of hydrogen-bond acceptors (Lipinski definition) is 5. The van der Waals surface area contributed by atoms with Crippen molar-refractivity contribution in [2.75, 3.05) is 24.5 Å². The number of aliphatic imine (C=N–C) groups is 1. The minimum Gasteiger partial charge on any atom is -0.393 e. The van der Waals surface area contributed by atoms with Crippen molar-refractivity contribution in [3.8, 4) is 0 Å². The number of aliphatic hydroxyl groups excluding tert-OH is 1. The van der Waals surface area contributed by atoms with Crippen molar-refractivity contribution in [1.82, 2.24) is 15.6 Å². The summed E-state index contributed by atoms with van der Waals surface area (Å²) in [4.78, 5) is 12.2. The van der Waals surface area contributed by atoms with E-state index in [1.54, 1.807) is 17.4 Å². The summed E-state index contributed by atoms with van der Waals surface area (Å²) in [7, 11) is 0. The number of halogens is 2. The molecule has 0 bridgehead atoms. The van der Waals surface area contributed by atoms with Gasteiger partial charge < -0.3 is 20.6 Å². The number of nitrogens with zero attached hydrogens (tertiary/aromatic N) is 3. The number of hydrogen-bond donors (Lipinski definition) is 3. The third-order valence-corrected chi connectivity index (χ3v) is 6.07. The van der Waals surface area contributed by atoms with Gasteiger partial charge in [-0.3, -0.25) is 0 Å². The van der Waals surface area contributed by atoms with Crippen LogP contribution >= 0.6 is 35.3 Å². The molecule has 30 heavy (non-hydrogen) atoms. The maximum atomic E-state index is 14.6. The highest BCUT2D eigenvalue weighted by molar-refractivity contribution is 14.0. The fourth-order valence-corrected chi connectivity index (χ4v) is 4.30. The summed E-state index contributed by atoms with van der Waals surface area (Å²) < 4.78 is 14.6. The van der Waals surface area contributed by atoms with Crippen LogP contribution in [0.2, 0.25) is 0 Å². The average molecular weight is 547 g/mol. The quantitative estimate of drug-likeness (QED) is 0.292. The van der Waals surface area contributed by atoms with E-state index in [0.717, 1.165) is 22.8 Å². The Morgan fingerprint density at radius 1 is 1.30 bits per heavy atom. The van der Waals surface area contributed by atoms with Crippen LogP contribution in [0.4, 0.5) is 10.1 Å². The first kappa shape index (κ1) is 24.8. The number of nitrogens with one attached hydrogen (secondary N) is 2. The number of benzene rings is 1. The molecule has 1 fully saturated rings. The molecule has 3 rings (SSSR count). The summed E-state index contributed by atoms with van der Waals surface area (Å²) in [6, 6.07) is 5.30. The van der Waals surface area contributed by atoms with Crippen molar-refractivity contribution < 1.29 is 9.50 Å². The van der Waals surface area contributed by atoms with Gasteiger partial charge >= 0.3 is 0 Å². The molecule has 1 aromatic heterocycles. The minimum absolute atomic E-state index is 0. The lowest BCUT2D eigenvalue weighted by atomic mass is 10.1. The van der Waals surface area contributed by atoms with Crippen LogP contribution in [0.15, 0.2) is 23.2 Å². The molecule has 1 aromatic carbocycles. The molecule has 6 nitrogen and oxygen atoms in total. The monoisotopic (exact) mass is 547 g/mol. The molecule has 0 aliphatic carbocycles. The van der Waals surface area contributed by atoms with Gasteiger partial charge in [-0.25, -0.2) is 14.4 Å². The third kappa shape index (κ3) is 6.78. The van der Waals surface area contributed by atoms with Crippen LogP contribution < -0.4 is 15.5 Å². The molecule has 0 spiro atoms. The predicted octanol–water partition coefficient (Wildman–Crippen LogP) is 3.73. The van der Waals surface area contributed by atoms with Crippen LogP contribution in [-0.2, 0) is 13.1 Å². The molecule has 0 amide bonds. The van der Waals surface area contributed by atoms with Crippen LogP contribution in [0, 0.1) is 19.7 Å². The van der Waals surface area contributed by atoms with E-state index >= 15 is 0 Å². The second kappa shape index (κ2) is 11.8. The molecule has 0 saturated carbocycles. The summed E-state index contributed by atoms with van der Waals surface area (Å²) in [6.07, 6.45) is 1.10. The zero-order valence-electron chi connectivity index (χ0n) is 17.7. The molecule has 2 heterocycles. The Bertz CT molecular complexity index is 852. The van der Waals surface area contributed by atoms with Gasteiger partial charge in [0.05, 0.1) is 35.6 Å². The van der Waals surface area contributed by atoms with Crippen molar-refractivity contribution in [3.63, 3.8) is 0 Å². The van der Waals surface area contributed by atoms with Gasteiger partial charge in [-0.2, -0.15) is 0 Å². The molecule has 9 heteroatoms. The number of piperidine rings is 1. The summed E-state index contributed by atoms with van der Waals surface area (Å²) in [5, 5.41) is 17.2. The Morgan fingerprint density at radius 2 is 2.03 bits per heavy atom.